The van der Waals surface area contributed by atoms with E-state index < -0.39 is 15.4 Å². The van der Waals surface area contributed by atoms with E-state index in [-0.39, 0.29) is 22.8 Å². The van der Waals surface area contributed by atoms with Gasteiger partial charge in [0.25, 0.3) is 10.0 Å². The van der Waals surface area contributed by atoms with Gasteiger partial charge in [0.1, 0.15) is 12.4 Å². The van der Waals surface area contributed by atoms with Crippen LogP contribution in [0.1, 0.15) is 40.2 Å². The van der Waals surface area contributed by atoms with Gasteiger partial charge in [0.2, 0.25) is 5.91 Å². The molecule has 150 valence electrons. The summed E-state index contributed by atoms with van der Waals surface area (Å²) in [5.74, 6) is 0.292. The fourth-order valence-electron chi connectivity index (χ4n) is 2.77. The lowest BCUT2D eigenvalue weighted by atomic mass is 9.87. The van der Waals surface area contributed by atoms with Crippen molar-refractivity contribution in [3.63, 3.8) is 0 Å². The van der Waals surface area contributed by atoms with Gasteiger partial charge in [-0.2, -0.15) is 0 Å². The Morgan fingerprint density at radius 1 is 1.07 bits per heavy atom. The maximum Gasteiger partial charge on any atom is 0.261 e. The molecule has 0 aromatic heterocycles. The zero-order valence-corrected chi connectivity index (χ0v) is 17.6. The molecule has 0 saturated carbocycles. The summed E-state index contributed by atoms with van der Waals surface area (Å²) in [4.78, 5) is 12.4. The van der Waals surface area contributed by atoms with Gasteiger partial charge in [0, 0.05) is 6.07 Å². The molecular formula is C21H26N2O4S. The van der Waals surface area contributed by atoms with Crippen molar-refractivity contribution in [1.82, 2.24) is 0 Å². The van der Waals surface area contributed by atoms with Crippen molar-refractivity contribution in [2.45, 2.75) is 44.9 Å². The van der Waals surface area contributed by atoms with E-state index in [0.29, 0.717) is 17.1 Å². The number of amides is 1. The predicted molar refractivity (Wildman–Crippen MR) is 110 cm³/mol. The van der Waals surface area contributed by atoms with E-state index >= 15 is 0 Å². The highest BCUT2D eigenvalue weighted by molar-refractivity contribution is 7.92. The van der Waals surface area contributed by atoms with Crippen LogP contribution in [0.3, 0.4) is 0 Å². The first-order chi connectivity index (χ1) is 12.9. The number of anilines is 2. The Kier molecular flexibility index (Phi) is 4.91. The van der Waals surface area contributed by atoms with E-state index in [9.17, 15) is 13.2 Å². The van der Waals surface area contributed by atoms with Crippen molar-refractivity contribution >= 4 is 27.3 Å². The first-order valence-corrected chi connectivity index (χ1v) is 10.6. The number of hydrogen-bond donors (Lipinski definition) is 2. The lowest BCUT2D eigenvalue weighted by molar-refractivity contribution is -0.124. The third-order valence-corrected chi connectivity index (χ3v) is 6.11. The monoisotopic (exact) mass is 402 g/mol. The van der Waals surface area contributed by atoms with E-state index in [0.717, 1.165) is 5.56 Å². The Hall–Kier alpha value is -2.54. The minimum Gasteiger partial charge on any atom is -0.490 e. The second-order valence-electron chi connectivity index (χ2n) is 8.72. The first-order valence-electron chi connectivity index (χ1n) is 9.10. The Balaban J connectivity index is 1.84. The molecule has 2 aromatic carbocycles. The zero-order chi connectivity index (χ0) is 20.7. The maximum absolute atomic E-state index is 12.7. The van der Waals surface area contributed by atoms with Crippen molar-refractivity contribution in [3.8, 4) is 5.75 Å². The molecule has 1 aliphatic rings. The number of rotatable bonds is 3. The lowest BCUT2D eigenvalue weighted by Crippen LogP contribution is -2.33. The predicted octanol–water partition coefficient (Wildman–Crippen LogP) is 4.14. The van der Waals surface area contributed by atoms with Crippen molar-refractivity contribution in [2.24, 2.45) is 5.41 Å². The SMILES string of the molecule is CC1(C)COc2cc(NS(=O)(=O)c3ccc(C(C)(C)C)cc3)ccc2NC1=O. The van der Waals surface area contributed by atoms with Crippen LogP contribution in [0.2, 0.25) is 0 Å². The van der Waals surface area contributed by atoms with Crippen LogP contribution in [-0.4, -0.2) is 20.9 Å². The molecular weight excluding hydrogens is 376 g/mol. The van der Waals surface area contributed by atoms with Gasteiger partial charge in [-0.3, -0.25) is 9.52 Å². The minimum atomic E-state index is -3.74. The van der Waals surface area contributed by atoms with Gasteiger partial charge in [-0.25, -0.2) is 8.42 Å². The fourth-order valence-corrected chi connectivity index (χ4v) is 3.82. The molecule has 6 nitrogen and oxygen atoms in total. The van der Waals surface area contributed by atoms with E-state index in [1.54, 1.807) is 44.2 Å². The number of benzene rings is 2. The van der Waals surface area contributed by atoms with E-state index in [2.05, 4.69) is 30.8 Å². The van der Waals surface area contributed by atoms with Crippen LogP contribution in [0.4, 0.5) is 11.4 Å². The molecule has 1 aliphatic heterocycles. The summed E-state index contributed by atoms with van der Waals surface area (Å²) in [7, 11) is -3.74. The highest BCUT2D eigenvalue weighted by Gasteiger charge is 2.32. The summed E-state index contributed by atoms with van der Waals surface area (Å²) in [5, 5.41) is 2.81. The second kappa shape index (κ2) is 6.81. The fraction of sp³-hybridized carbons (Fsp3) is 0.381. The summed E-state index contributed by atoms with van der Waals surface area (Å²) in [5.41, 5.74) is 1.22. The van der Waals surface area contributed by atoms with Crippen LogP contribution in [0.5, 0.6) is 5.75 Å². The molecule has 0 unspecified atom stereocenters. The zero-order valence-electron chi connectivity index (χ0n) is 16.8. The van der Waals surface area contributed by atoms with E-state index in [1.807, 2.05) is 12.1 Å². The molecule has 7 heteroatoms. The Bertz CT molecular complexity index is 1000. The smallest absolute Gasteiger partial charge is 0.261 e. The molecule has 28 heavy (non-hydrogen) atoms. The average Bonchev–Trinajstić information content (AvgIpc) is 2.71. The van der Waals surface area contributed by atoms with E-state index in [4.69, 9.17) is 4.74 Å². The molecule has 2 N–H and O–H groups in total. The number of fused-ring (bicyclic) bond motifs is 1. The summed E-state index contributed by atoms with van der Waals surface area (Å²) in [6.07, 6.45) is 0. The third-order valence-electron chi connectivity index (χ3n) is 4.72. The maximum atomic E-state index is 12.7. The number of carbonyl (C=O) groups excluding carboxylic acids is 1. The average molecular weight is 403 g/mol. The van der Waals surface area contributed by atoms with Crippen molar-refractivity contribution in [1.29, 1.82) is 0 Å². The van der Waals surface area contributed by atoms with Crippen LogP contribution in [0.25, 0.3) is 0 Å². The molecule has 1 amide bonds. The molecule has 3 rings (SSSR count). The van der Waals surface area contributed by atoms with Crippen molar-refractivity contribution < 1.29 is 17.9 Å². The standard InChI is InChI=1S/C21H26N2O4S/c1-20(2,3)14-6-9-16(10-7-14)28(25,26)23-15-8-11-17-18(12-15)27-13-21(4,5)19(24)22-17/h6-12,23H,13H2,1-5H3,(H,22,24). The van der Waals surface area contributed by atoms with Crippen LogP contribution in [-0.2, 0) is 20.2 Å². The first kappa shape index (κ1) is 20.2. The van der Waals surface area contributed by atoms with Crippen molar-refractivity contribution in [2.75, 3.05) is 16.6 Å². The molecule has 0 spiro atoms. The number of hydrogen-bond acceptors (Lipinski definition) is 4. The molecule has 1 heterocycles. The lowest BCUT2D eigenvalue weighted by Gasteiger charge is -2.19. The van der Waals surface area contributed by atoms with Crippen LogP contribution in [0, 0.1) is 5.41 Å². The van der Waals surface area contributed by atoms with Gasteiger partial charge in [-0.05, 0) is 49.1 Å². The quantitative estimate of drug-likeness (QED) is 0.808. The molecule has 0 bridgehead atoms. The summed E-state index contributed by atoms with van der Waals surface area (Å²) in [6.45, 7) is 10.0. The van der Waals surface area contributed by atoms with Crippen LogP contribution >= 0.6 is 0 Å². The Labute approximate surface area is 166 Å². The third kappa shape index (κ3) is 4.14. The number of nitrogens with one attached hydrogen (secondary N) is 2. The van der Waals surface area contributed by atoms with Crippen LogP contribution < -0.4 is 14.8 Å². The van der Waals surface area contributed by atoms with E-state index in [1.165, 1.54) is 0 Å². The molecule has 0 fully saturated rings. The van der Waals surface area contributed by atoms with Gasteiger partial charge in [0.15, 0.2) is 0 Å². The molecule has 0 saturated heterocycles. The molecule has 0 aliphatic carbocycles. The highest BCUT2D eigenvalue weighted by atomic mass is 32.2. The number of sulfonamides is 1. The van der Waals surface area contributed by atoms with Crippen LogP contribution in [0.15, 0.2) is 47.4 Å². The number of ether oxygens (including phenoxy) is 1. The van der Waals surface area contributed by atoms with Gasteiger partial charge in [0.05, 0.1) is 21.7 Å². The largest absolute Gasteiger partial charge is 0.490 e. The summed E-state index contributed by atoms with van der Waals surface area (Å²) >= 11 is 0. The van der Waals surface area contributed by atoms with Gasteiger partial charge in [-0.15, -0.1) is 0 Å². The topological polar surface area (TPSA) is 84.5 Å². The Morgan fingerprint density at radius 3 is 2.32 bits per heavy atom. The normalized spacial score (nSPS) is 16.4. The molecule has 0 atom stereocenters. The number of carbonyl (C=O) groups is 1. The van der Waals surface area contributed by atoms with Crippen molar-refractivity contribution in [3.05, 3.63) is 48.0 Å². The second-order valence-corrected chi connectivity index (χ2v) is 10.4. The van der Waals surface area contributed by atoms with Gasteiger partial charge in [-0.1, -0.05) is 32.9 Å². The Morgan fingerprint density at radius 2 is 1.71 bits per heavy atom. The minimum absolute atomic E-state index is 0.0533. The summed E-state index contributed by atoms with van der Waals surface area (Å²) < 4.78 is 33.8. The summed E-state index contributed by atoms with van der Waals surface area (Å²) in [6, 6.07) is 11.7. The molecule has 2 aromatic rings. The highest BCUT2D eigenvalue weighted by Crippen LogP contribution is 2.35. The molecule has 0 radical (unpaired) electrons. The van der Waals surface area contributed by atoms with Gasteiger partial charge >= 0.3 is 0 Å². The van der Waals surface area contributed by atoms with Gasteiger partial charge < -0.3 is 10.1 Å².